The second-order valence-corrected chi connectivity index (χ2v) is 5.92. The van der Waals surface area contributed by atoms with Crippen molar-refractivity contribution >= 4 is 23.7 Å². The summed E-state index contributed by atoms with van der Waals surface area (Å²) in [6.07, 6.45) is 2.98. The summed E-state index contributed by atoms with van der Waals surface area (Å²) in [7, 11) is 0. The molecule has 28 heavy (non-hydrogen) atoms. The predicted molar refractivity (Wildman–Crippen MR) is 104 cm³/mol. The molecule has 3 rings (SSSR count). The van der Waals surface area contributed by atoms with E-state index >= 15 is 0 Å². The average Bonchev–Trinajstić information content (AvgIpc) is 3.11. The van der Waals surface area contributed by atoms with Gasteiger partial charge in [0.2, 0.25) is 5.91 Å². The molecular formula is C19H18N6O3. The maximum Gasteiger partial charge on any atom is 0.261 e. The Morgan fingerprint density at radius 1 is 1.21 bits per heavy atom. The Hall–Kier alpha value is -4.01. The van der Waals surface area contributed by atoms with Gasteiger partial charge in [-0.2, -0.15) is 5.10 Å². The lowest BCUT2D eigenvalue weighted by Crippen LogP contribution is -2.23. The number of rotatable bonds is 6. The molecule has 2 aromatic carbocycles. The number of para-hydroxylation sites is 1. The first-order chi connectivity index (χ1) is 13.5. The third-order valence-electron chi connectivity index (χ3n) is 3.65. The first-order valence-electron chi connectivity index (χ1n) is 8.39. The van der Waals surface area contributed by atoms with Crippen molar-refractivity contribution in [3.63, 3.8) is 0 Å². The molecule has 142 valence electrons. The number of nitrogens with one attached hydrogen (secondary N) is 2. The van der Waals surface area contributed by atoms with E-state index in [1.54, 1.807) is 42.6 Å². The van der Waals surface area contributed by atoms with E-state index < -0.39 is 5.91 Å². The first-order valence-corrected chi connectivity index (χ1v) is 8.39. The van der Waals surface area contributed by atoms with Gasteiger partial charge in [0, 0.05) is 23.7 Å². The molecule has 0 saturated carbocycles. The number of carbonyl (C=O) groups excluding carboxylic acids is 2. The molecule has 0 aliphatic rings. The Labute approximate surface area is 160 Å². The van der Waals surface area contributed by atoms with E-state index in [1.165, 1.54) is 23.9 Å². The van der Waals surface area contributed by atoms with E-state index in [4.69, 9.17) is 0 Å². The summed E-state index contributed by atoms with van der Waals surface area (Å²) in [5.74, 6) is -0.486. The van der Waals surface area contributed by atoms with Gasteiger partial charge in [-0.3, -0.25) is 9.59 Å². The number of carbonyl (C=O) groups is 2. The van der Waals surface area contributed by atoms with Gasteiger partial charge >= 0.3 is 0 Å². The Morgan fingerprint density at radius 2 is 2.04 bits per heavy atom. The number of hydrogen-bond donors (Lipinski definition) is 3. The molecule has 9 nitrogen and oxygen atoms in total. The zero-order valence-corrected chi connectivity index (χ0v) is 15.0. The largest absolute Gasteiger partial charge is 0.507 e. The van der Waals surface area contributed by atoms with E-state index in [0.29, 0.717) is 16.9 Å². The normalized spacial score (nSPS) is 10.8. The van der Waals surface area contributed by atoms with Crippen LogP contribution in [0.5, 0.6) is 5.75 Å². The summed E-state index contributed by atoms with van der Waals surface area (Å²) in [5.41, 5.74) is 4.84. The van der Waals surface area contributed by atoms with Gasteiger partial charge in [-0.15, -0.1) is 5.10 Å². The Balaban J connectivity index is 1.60. The van der Waals surface area contributed by atoms with Crippen LogP contribution in [0.4, 0.5) is 5.69 Å². The van der Waals surface area contributed by atoms with Crippen LogP contribution >= 0.6 is 0 Å². The van der Waals surface area contributed by atoms with Crippen molar-refractivity contribution in [3.8, 4) is 17.0 Å². The molecule has 0 unspecified atom stereocenters. The van der Waals surface area contributed by atoms with Crippen LogP contribution in [-0.4, -0.2) is 38.1 Å². The van der Waals surface area contributed by atoms with Gasteiger partial charge in [0.05, 0.1) is 12.4 Å². The minimum absolute atomic E-state index is 0.0721. The van der Waals surface area contributed by atoms with Crippen molar-refractivity contribution in [2.75, 3.05) is 5.32 Å². The SMILES string of the molecule is CC(=O)Nc1cccc(-c2cn(CC(=O)NN=Cc3ccccc3O)nn2)c1. The number of amides is 2. The molecule has 1 aromatic heterocycles. The summed E-state index contributed by atoms with van der Waals surface area (Å²) in [4.78, 5) is 23.2. The molecule has 0 aliphatic carbocycles. The van der Waals surface area contributed by atoms with Crippen LogP contribution in [-0.2, 0) is 16.1 Å². The third kappa shape index (κ3) is 5.01. The second kappa shape index (κ2) is 8.58. The Kier molecular flexibility index (Phi) is 5.75. The highest BCUT2D eigenvalue weighted by Gasteiger charge is 2.08. The zero-order valence-electron chi connectivity index (χ0n) is 15.0. The molecule has 1 heterocycles. The van der Waals surface area contributed by atoms with E-state index in [-0.39, 0.29) is 18.2 Å². The molecule has 0 saturated heterocycles. The fraction of sp³-hybridized carbons (Fsp3) is 0.105. The first kappa shape index (κ1) is 18.8. The maximum absolute atomic E-state index is 12.0. The lowest BCUT2D eigenvalue weighted by molar-refractivity contribution is -0.121. The number of nitrogens with zero attached hydrogens (tertiary/aromatic N) is 4. The van der Waals surface area contributed by atoms with Gasteiger partial charge in [0.1, 0.15) is 18.0 Å². The van der Waals surface area contributed by atoms with Crippen molar-refractivity contribution in [2.45, 2.75) is 13.5 Å². The third-order valence-corrected chi connectivity index (χ3v) is 3.65. The Morgan fingerprint density at radius 3 is 2.82 bits per heavy atom. The molecule has 3 N–H and O–H groups in total. The predicted octanol–water partition coefficient (Wildman–Crippen LogP) is 1.76. The number of phenols is 1. The average molecular weight is 378 g/mol. The van der Waals surface area contributed by atoms with E-state index in [9.17, 15) is 14.7 Å². The number of hydrazone groups is 1. The Bertz CT molecular complexity index is 1030. The number of aromatic nitrogens is 3. The van der Waals surface area contributed by atoms with E-state index in [0.717, 1.165) is 5.56 Å². The standard InChI is InChI=1S/C19H18N6O3/c1-13(26)21-16-7-4-6-14(9-16)17-11-25(24-22-17)12-19(28)23-20-10-15-5-2-3-8-18(15)27/h2-11,27H,12H2,1H3,(H,21,26)(H,23,28). The monoisotopic (exact) mass is 378 g/mol. The van der Waals surface area contributed by atoms with Gasteiger partial charge in [0.25, 0.3) is 5.91 Å². The van der Waals surface area contributed by atoms with E-state index in [2.05, 4.69) is 26.2 Å². The highest BCUT2D eigenvalue weighted by molar-refractivity contribution is 5.89. The van der Waals surface area contributed by atoms with Gasteiger partial charge in [0.15, 0.2) is 0 Å². The van der Waals surface area contributed by atoms with Crippen LogP contribution in [0.2, 0.25) is 0 Å². The molecule has 0 spiro atoms. The second-order valence-electron chi connectivity index (χ2n) is 5.92. The van der Waals surface area contributed by atoms with Crippen molar-refractivity contribution < 1.29 is 14.7 Å². The number of aromatic hydroxyl groups is 1. The molecule has 9 heteroatoms. The van der Waals surface area contributed by atoms with Crippen molar-refractivity contribution in [1.29, 1.82) is 0 Å². The van der Waals surface area contributed by atoms with Crippen molar-refractivity contribution in [1.82, 2.24) is 20.4 Å². The van der Waals surface area contributed by atoms with Gasteiger partial charge in [-0.05, 0) is 24.3 Å². The topological polar surface area (TPSA) is 122 Å². The van der Waals surface area contributed by atoms with Crippen LogP contribution in [0.15, 0.2) is 59.8 Å². The van der Waals surface area contributed by atoms with Crippen LogP contribution in [0.3, 0.4) is 0 Å². The van der Waals surface area contributed by atoms with Gasteiger partial charge < -0.3 is 10.4 Å². The van der Waals surface area contributed by atoms with Crippen molar-refractivity contribution in [3.05, 3.63) is 60.3 Å². The highest BCUT2D eigenvalue weighted by atomic mass is 16.3. The van der Waals surface area contributed by atoms with Crippen molar-refractivity contribution in [2.24, 2.45) is 5.10 Å². The number of phenolic OH excluding ortho intramolecular Hbond substituents is 1. The number of hydrogen-bond acceptors (Lipinski definition) is 6. The van der Waals surface area contributed by atoms with Gasteiger partial charge in [-0.1, -0.05) is 29.5 Å². The minimum atomic E-state index is -0.393. The molecule has 0 bridgehead atoms. The quantitative estimate of drug-likeness (QED) is 0.446. The fourth-order valence-electron chi connectivity index (χ4n) is 2.42. The summed E-state index contributed by atoms with van der Waals surface area (Å²) in [5, 5.41) is 24.1. The number of benzene rings is 2. The summed E-state index contributed by atoms with van der Waals surface area (Å²) in [6, 6.07) is 13.8. The molecular weight excluding hydrogens is 360 g/mol. The van der Waals surface area contributed by atoms with Crippen LogP contribution < -0.4 is 10.7 Å². The highest BCUT2D eigenvalue weighted by Crippen LogP contribution is 2.20. The summed E-state index contributed by atoms with van der Waals surface area (Å²) >= 11 is 0. The molecule has 0 radical (unpaired) electrons. The van der Waals surface area contributed by atoms with E-state index in [1.807, 2.05) is 6.07 Å². The molecule has 3 aromatic rings. The van der Waals surface area contributed by atoms with Crippen LogP contribution in [0, 0.1) is 0 Å². The lowest BCUT2D eigenvalue weighted by Gasteiger charge is -2.03. The van der Waals surface area contributed by atoms with Gasteiger partial charge in [-0.25, -0.2) is 10.1 Å². The zero-order chi connectivity index (χ0) is 19.9. The lowest BCUT2D eigenvalue weighted by atomic mass is 10.1. The smallest absolute Gasteiger partial charge is 0.261 e. The molecule has 0 fully saturated rings. The van der Waals surface area contributed by atoms with Crippen LogP contribution in [0.1, 0.15) is 12.5 Å². The fourth-order valence-corrected chi connectivity index (χ4v) is 2.42. The summed E-state index contributed by atoms with van der Waals surface area (Å²) in [6.45, 7) is 1.36. The van der Waals surface area contributed by atoms with Crippen LogP contribution in [0.25, 0.3) is 11.3 Å². The molecule has 0 atom stereocenters. The number of anilines is 1. The molecule has 2 amide bonds. The maximum atomic E-state index is 12.0. The minimum Gasteiger partial charge on any atom is -0.507 e. The molecule has 0 aliphatic heterocycles. The summed E-state index contributed by atoms with van der Waals surface area (Å²) < 4.78 is 1.38.